The number of hydrogen-bond donors (Lipinski definition) is 2. The molecule has 1 fully saturated rings. The van der Waals surface area contributed by atoms with Crippen molar-refractivity contribution < 1.29 is 9.90 Å². The molecule has 0 unspecified atom stereocenters. The summed E-state index contributed by atoms with van der Waals surface area (Å²) in [6.07, 6.45) is 1.65. The van der Waals surface area contributed by atoms with E-state index in [4.69, 9.17) is 0 Å². The van der Waals surface area contributed by atoms with Crippen LogP contribution in [0.2, 0.25) is 0 Å². The highest BCUT2D eigenvalue weighted by molar-refractivity contribution is 7.13. The van der Waals surface area contributed by atoms with Crippen LogP contribution in [-0.4, -0.2) is 47.1 Å². The van der Waals surface area contributed by atoms with Crippen molar-refractivity contribution in [3.8, 4) is 0 Å². The van der Waals surface area contributed by atoms with Gasteiger partial charge < -0.3 is 10.4 Å². The van der Waals surface area contributed by atoms with Gasteiger partial charge in [0.15, 0.2) is 0 Å². The Labute approximate surface area is 124 Å². The van der Waals surface area contributed by atoms with Gasteiger partial charge in [0.05, 0.1) is 11.2 Å². The van der Waals surface area contributed by atoms with E-state index in [2.05, 4.69) is 29.0 Å². The van der Waals surface area contributed by atoms with Crippen molar-refractivity contribution in [3.63, 3.8) is 0 Å². The number of rotatable bonds is 5. The normalized spacial score (nSPS) is 17.4. The van der Waals surface area contributed by atoms with Crippen molar-refractivity contribution in [1.29, 1.82) is 0 Å². The van der Waals surface area contributed by atoms with Gasteiger partial charge in [-0.15, -0.1) is 11.3 Å². The molecule has 6 heteroatoms. The Morgan fingerprint density at radius 1 is 1.45 bits per heavy atom. The maximum Gasteiger partial charge on any atom is 0.347 e. The van der Waals surface area contributed by atoms with Gasteiger partial charge in [-0.25, -0.2) is 9.78 Å². The van der Waals surface area contributed by atoms with Gasteiger partial charge in [-0.1, -0.05) is 13.3 Å². The number of aryl methyl sites for hydroxylation is 1. The molecule has 1 aromatic heterocycles. The molecule has 1 saturated heterocycles. The lowest BCUT2D eigenvalue weighted by molar-refractivity contribution is 0.0700. The summed E-state index contributed by atoms with van der Waals surface area (Å²) in [6.45, 7) is 10.2. The summed E-state index contributed by atoms with van der Waals surface area (Å²) in [5.41, 5.74) is 0.534. The fraction of sp³-hybridized carbons (Fsp3) is 0.714. The number of thiazole rings is 1. The number of hydrogen-bond acceptors (Lipinski definition) is 5. The van der Waals surface area contributed by atoms with E-state index in [-0.39, 0.29) is 5.54 Å². The molecule has 0 spiro atoms. The summed E-state index contributed by atoms with van der Waals surface area (Å²) in [5, 5.41) is 13.6. The predicted molar refractivity (Wildman–Crippen MR) is 80.5 cm³/mol. The molecular formula is C14H23N3O2S. The number of carboxylic acids is 1. The second kappa shape index (κ2) is 6.20. The largest absolute Gasteiger partial charge is 0.477 e. The van der Waals surface area contributed by atoms with E-state index < -0.39 is 5.97 Å². The van der Waals surface area contributed by atoms with Crippen molar-refractivity contribution in [1.82, 2.24) is 15.2 Å². The minimum atomic E-state index is -0.853. The highest BCUT2D eigenvalue weighted by Gasteiger charge is 2.34. The zero-order valence-electron chi connectivity index (χ0n) is 12.4. The number of nitrogens with zero attached hydrogens (tertiary/aromatic N) is 2. The van der Waals surface area contributed by atoms with E-state index in [1.54, 1.807) is 0 Å². The van der Waals surface area contributed by atoms with Gasteiger partial charge in [-0.05, 0) is 20.3 Å². The molecule has 1 aromatic rings. The molecular weight excluding hydrogens is 274 g/mol. The van der Waals surface area contributed by atoms with Crippen LogP contribution in [0.5, 0.6) is 0 Å². The smallest absolute Gasteiger partial charge is 0.347 e. The highest BCUT2D eigenvalue weighted by atomic mass is 32.1. The number of nitrogens with one attached hydrogen (secondary N) is 1. The van der Waals surface area contributed by atoms with E-state index in [1.807, 2.05) is 6.92 Å². The van der Waals surface area contributed by atoms with Crippen molar-refractivity contribution in [3.05, 3.63) is 15.6 Å². The van der Waals surface area contributed by atoms with Crippen molar-refractivity contribution >= 4 is 17.3 Å². The third-order valence-corrected chi connectivity index (χ3v) is 5.21. The molecule has 20 heavy (non-hydrogen) atoms. The van der Waals surface area contributed by atoms with Gasteiger partial charge in [0.25, 0.3) is 0 Å². The topological polar surface area (TPSA) is 65.5 Å². The second-order valence-electron chi connectivity index (χ2n) is 5.65. The molecule has 2 heterocycles. The first-order valence-corrected chi connectivity index (χ1v) is 7.97. The maximum atomic E-state index is 11.4. The second-order valence-corrected chi connectivity index (χ2v) is 6.65. The van der Waals surface area contributed by atoms with E-state index in [0.29, 0.717) is 4.88 Å². The van der Waals surface area contributed by atoms with Crippen LogP contribution in [0.4, 0.5) is 0 Å². The average Bonchev–Trinajstić information content (AvgIpc) is 2.85. The molecule has 0 amide bonds. The van der Waals surface area contributed by atoms with Crippen molar-refractivity contribution in [2.24, 2.45) is 0 Å². The molecule has 0 atom stereocenters. The SMILES string of the molecule is CCCc1nc(C(C)(C)N2CCNCC2)sc1C(=O)O. The average molecular weight is 297 g/mol. The Hall–Kier alpha value is -0.980. The molecule has 2 rings (SSSR count). The van der Waals surface area contributed by atoms with Gasteiger partial charge in [0.2, 0.25) is 0 Å². The molecule has 1 aliphatic heterocycles. The van der Waals surface area contributed by atoms with Crippen LogP contribution >= 0.6 is 11.3 Å². The van der Waals surface area contributed by atoms with Crippen molar-refractivity contribution in [2.45, 2.75) is 39.2 Å². The van der Waals surface area contributed by atoms with Crippen LogP contribution in [0, 0.1) is 0 Å². The summed E-state index contributed by atoms with van der Waals surface area (Å²) in [4.78, 5) is 18.8. The minimum absolute atomic E-state index is 0.205. The summed E-state index contributed by atoms with van der Waals surface area (Å²) in [6, 6.07) is 0. The lowest BCUT2D eigenvalue weighted by Gasteiger charge is -2.39. The van der Waals surface area contributed by atoms with Crippen LogP contribution < -0.4 is 5.32 Å². The van der Waals surface area contributed by atoms with Crippen molar-refractivity contribution in [2.75, 3.05) is 26.2 Å². The quantitative estimate of drug-likeness (QED) is 0.869. The van der Waals surface area contributed by atoms with Gasteiger partial charge in [-0.2, -0.15) is 0 Å². The lowest BCUT2D eigenvalue weighted by atomic mass is 10.0. The number of aromatic carboxylic acids is 1. The summed E-state index contributed by atoms with van der Waals surface area (Å²) >= 11 is 1.34. The minimum Gasteiger partial charge on any atom is -0.477 e. The zero-order chi connectivity index (χ0) is 14.8. The van der Waals surface area contributed by atoms with Gasteiger partial charge >= 0.3 is 5.97 Å². The molecule has 0 radical (unpaired) electrons. The maximum absolute atomic E-state index is 11.4. The summed E-state index contributed by atoms with van der Waals surface area (Å²) in [5.74, 6) is -0.853. The predicted octanol–water partition coefficient (Wildman–Crippen LogP) is 1.93. The number of piperazine rings is 1. The fourth-order valence-corrected chi connectivity index (χ4v) is 3.63. The van der Waals surface area contributed by atoms with Crippen LogP contribution in [0.3, 0.4) is 0 Å². The third-order valence-electron chi connectivity index (χ3n) is 3.81. The molecule has 112 valence electrons. The first-order valence-electron chi connectivity index (χ1n) is 7.16. The monoisotopic (exact) mass is 297 g/mol. The first kappa shape index (κ1) is 15.4. The molecule has 0 aromatic carbocycles. The number of carbonyl (C=O) groups is 1. The number of aromatic nitrogens is 1. The Kier molecular flexibility index (Phi) is 4.78. The Bertz CT molecular complexity index is 479. The van der Waals surface area contributed by atoms with Crippen LogP contribution in [0.25, 0.3) is 0 Å². The van der Waals surface area contributed by atoms with E-state index in [1.165, 1.54) is 11.3 Å². The molecule has 2 N–H and O–H groups in total. The van der Waals surface area contributed by atoms with Gasteiger partial charge in [0.1, 0.15) is 9.88 Å². The molecule has 0 saturated carbocycles. The van der Waals surface area contributed by atoms with Crippen LogP contribution in [-0.2, 0) is 12.0 Å². The fourth-order valence-electron chi connectivity index (χ4n) is 2.55. The Balaban J connectivity index is 2.30. The van der Waals surface area contributed by atoms with Gasteiger partial charge in [0, 0.05) is 26.2 Å². The van der Waals surface area contributed by atoms with Crippen LogP contribution in [0.15, 0.2) is 0 Å². The van der Waals surface area contributed by atoms with E-state index in [9.17, 15) is 9.90 Å². The lowest BCUT2D eigenvalue weighted by Crippen LogP contribution is -2.51. The summed E-state index contributed by atoms with van der Waals surface area (Å²) < 4.78 is 0. The third kappa shape index (κ3) is 3.02. The summed E-state index contributed by atoms with van der Waals surface area (Å²) in [7, 11) is 0. The molecule has 1 aliphatic rings. The number of carboxylic acid groups (broad SMARTS) is 1. The first-order chi connectivity index (χ1) is 9.46. The molecule has 5 nitrogen and oxygen atoms in total. The molecule has 0 bridgehead atoms. The van der Waals surface area contributed by atoms with E-state index >= 15 is 0 Å². The zero-order valence-corrected chi connectivity index (χ0v) is 13.2. The molecule has 0 aliphatic carbocycles. The Morgan fingerprint density at radius 3 is 2.65 bits per heavy atom. The van der Waals surface area contributed by atoms with Gasteiger partial charge in [-0.3, -0.25) is 4.90 Å². The standard InChI is InChI=1S/C14H23N3O2S/c1-4-5-10-11(12(18)19)20-13(16-10)14(2,3)17-8-6-15-7-9-17/h15H,4-9H2,1-3H3,(H,18,19). The van der Waals surface area contributed by atoms with Crippen LogP contribution in [0.1, 0.15) is 47.6 Å². The van der Waals surface area contributed by atoms with E-state index in [0.717, 1.165) is 49.7 Å². The highest BCUT2D eigenvalue weighted by Crippen LogP contribution is 2.33. The Morgan fingerprint density at radius 2 is 2.10 bits per heavy atom.